The molecular formula is C13H16FN3. The predicted octanol–water partition coefficient (Wildman–Crippen LogP) is 1.84. The predicted molar refractivity (Wildman–Crippen MR) is 65.4 cm³/mol. The van der Waals surface area contributed by atoms with Crippen molar-refractivity contribution in [2.24, 2.45) is 0 Å². The molecule has 0 spiro atoms. The van der Waals surface area contributed by atoms with Crippen LogP contribution >= 0.6 is 0 Å². The summed E-state index contributed by atoms with van der Waals surface area (Å²) in [5.41, 5.74) is 0.970. The molecular weight excluding hydrogens is 217 g/mol. The van der Waals surface area contributed by atoms with Gasteiger partial charge < -0.3 is 9.80 Å². The number of nitriles is 1. The van der Waals surface area contributed by atoms with E-state index in [1.54, 1.807) is 6.07 Å². The molecule has 0 saturated carbocycles. The van der Waals surface area contributed by atoms with Crippen molar-refractivity contribution in [2.75, 3.05) is 31.6 Å². The van der Waals surface area contributed by atoms with Gasteiger partial charge in [0, 0.05) is 31.4 Å². The molecule has 1 aliphatic heterocycles. The largest absolute Gasteiger partial charge is 0.366 e. The molecule has 90 valence electrons. The zero-order valence-electron chi connectivity index (χ0n) is 10.2. The van der Waals surface area contributed by atoms with E-state index in [4.69, 9.17) is 5.26 Å². The highest BCUT2D eigenvalue weighted by Gasteiger charge is 2.22. The zero-order chi connectivity index (χ0) is 12.4. The molecule has 4 heteroatoms. The normalized spacial score (nSPS) is 21.3. The highest BCUT2D eigenvalue weighted by atomic mass is 19.1. The summed E-state index contributed by atoms with van der Waals surface area (Å²) in [6, 6.07) is 7.04. The molecule has 1 aliphatic rings. The lowest BCUT2D eigenvalue weighted by Crippen LogP contribution is -2.50. The minimum Gasteiger partial charge on any atom is -0.366 e. The first kappa shape index (κ1) is 11.9. The second-order valence-corrected chi connectivity index (χ2v) is 4.58. The molecule has 1 heterocycles. The van der Waals surface area contributed by atoms with Crippen molar-refractivity contribution >= 4 is 5.69 Å². The van der Waals surface area contributed by atoms with Gasteiger partial charge in [-0.25, -0.2) is 4.39 Å². The third kappa shape index (κ3) is 2.40. The quantitative estimate of drug-likeness (QED) is 0.741. The van der Waals surface area contributed by atoms with E-state index < -0.39 is 5.82 Å². The third-order valence-electron chi connectivity index (χ3n) is 3.24. The van der Waals surface area contributed by atoms with Crippen LogP contribution in [-0.4, -0.2) is 37.6 Å². The van der Waals surface area contributed by atoms with Crippen molar-refractivity contribution in [3.63, 3.8) is 0 Å². The summed E-state index contributed by atoms with van der Waals surface area (Å²) in [6.07, 6.45) is 0. The maximum Gasteiger partial charge on any atom is 0.143 e. The van der Waals surface area contributed by atoms with Gasteiger partial charge in [0.25, 0.3) is 0 Å². The summed E-state index contributed by atoms with van der Waals surface area (Å²) >= 11 is 0. The summed E-state index contributed by atoms with van der Waals surface area (Å²) in [5, 5.41) is 8.70. The van der Waals surface area contributed by atoms with Crippen molar-refractivity contribution < 1.29 is 4.39 Å². The molecule has 1 fully saturated rings. The van der Waals surface area contributed by atoms with E-state index in [0.29, 0.717) is 6.04 Å². The zero-order valence-corrected chi connectivity index (χ0v) is 10.2. The van der Waals surface area contributed by atoms with E-state index in [1.165, 1.54) is 6.07 Å². The average molecular weight is 233 g/mol. The molecule has 0 bridgehead atoms. The summed E-state index contributed by atoms with van der Waals surface area (Å²) in [4.78, 5) is 4.45. The second-order valence-electron chi connectivity index (χ2n) is 4.58. The topological polar surface area (TPSA) is 30.3 Å². The summed E-state index contributed by atoms with van der Waals surface area (Å²) in [7, 11) is 2.09. The molecule has 0 aliphatic carbocycles. The van der Waals surface area contributed by atoms with Gasteiger partial charge in [-0.15, -0.1) is 0 Å². The van der Waals surface area contributed by atoms with Crippen LogP contribution in [0.2, 0.25) is 0 Å². The second kappa shape index (κ2) is 4.72. The molecule has 0 aromatic heterocycles. The van der Waals surface area contributed by atoms with Gasteiger partial charge in [0.1, 0.15) is 11.9 Å². The Morgan fingerprint density at radius 2 is 2.18 bits per heavy atom. The van der Waals surface area contributed by atoms with Gasteiger partial charge in [0.05, 0.1) is 5.56 Å². The van der Waals surface area contributed by atoms with E-state index in [0.717, 1.165) is 25.3 Å². The molecule has 17 heavy (non-hydrogen) atoms. The van der Waals surface area contributed by atoms with Crippen LogP contribution in [0, 0.1) is 17.1 Å². The number of hydrogen-bond donors (Lipinski definition) is 0. The number of anilines is 1. The minimum absolute atomic E-state index is 0.107. The molecule has 0 radical (unpaired) electrons. The van der Waals surface area contributed by atoms with Gasteiger partial charge in [0.15, 0.2) is 0 Å². The Kier molecular flexibility index (Phi) is 3.30. The Bertz CT molecular complexity index is 452. The number of halogens is 1. The van der Waals surface area contributed by atoms with Crippen LogP contribution in [-0.2, 0) is 0 Å². The number of benzene rings is 1. The van der Waals surface area contributed by atoms with Crippen LogP contribution in [0.5, 0.6) is 0 Å². The van der Waals surface area contributed by atoms with Crippen LogP contribution in [0.3, 0.4) is 0 Å². The maximum atomic E-state index is 13.5. The fourth-order valence-corrected chi connectivity index (χ4v) is 2.30. The lowest BCUT2D eigenvalue weighted by Gasteiger charge is -2.39. The first-order chi connectivity index (χ1) is 8.11. The van der Waals surface area contributed by atoms with Crippen molar-refractivity contribution in [1.29, 1.82) is 5.26 Å². The van der Waals surface area contributed by atoms with Crippen molar-refractivity contribution in [2.45, 2.75) is 13.0 Å². The Labute approximate surface area is 101 Å². The Hall–Kier alpha value is -1.60. The van der Waals surface area contributed by atoms with Gasteiger partial charge in [-0.3, -0.25) is 0 Å². The molecule has 1 atom stereocenters. The van der Waals surface area contributed by atoms with Crippen molar-refractivity contribution in [3.8, 4) is 6.07 Å². The first-order valence-electron chi connectivity index (χ1n) is 5.76. The summed E-state index contributed by atoms with van der Waals surface area (Å²) < 4.78 is 13.5. The van der Waals surface area contributed by atoms with E-state index >= 15 is 0 Å². The van der Waals surface area contributed by atoms with Crippen molar-refractivity contribution in [3.05, 3.63) is 29.6 Å². The summed E-state index contributed by atoms with van der Waals surface area (Å²) in [6.45, 7) is 4.97. The van der Waals surface area contributed by atoms with E-state index in [-0.39, 0.29) is 5.56 Å². The molecule has 1 saturated heterocycles. The van der Waals surface area contributed by atoms with E-state index in [1.807, 2.05) is 12.1 Å². The third-order valence-corrected chi connectivity index (χ3v) is 3.24. The molecule has 3 nitrogen and oxygen atoms in total. The molecule has 1 aromatic rings. The summed E-state index contributed by atoms with van der Waals surface area (Å²) in [5.74, 6) is -0.434. The van der Waals surface area contributed by atoms with Crippen LogP contribution in [0.15, 0.2) is 18.2 Å². The fraction of sp³-hybridized carbons (Fsp3) is 0.462. The lowest BCUT2D eigenvalue weighted by molar-refractivity contribution is 0.275. The maximum absolute atomic E-state index is 13.5. The number of likely N-dealkylation sites (N-methyl/N-ethyl adjacent to an activating group) is 1. The van der Waals surface area contributed by atoms with Gasteiger partial charge in [-0.05, 0) is 32.2 Å². The molecule has 1 aromatic carbocycles. The van der Waals surface area contributed by atoms with Gasteiger partial charge >= 0.3 is 0 Å². The lowest BCUT2D eigenvalue weighted by atomic mass is 10.1. The minimum atomic E-state index is -0.434. The standard InChI is InChI=1S/C13H16FN3/c1-10-9-16(2)5-6-17(10)12-4-3-11(8-15)13(14)7-12/h3-4,7,10H,5-6,9H2,1-2H3. The van der Waals surface area contributed by atoms with Crippen LogP contribution in [0.4, 0.5) is 10.1 Å². The number of nitrogens with zero attached hydrogens (tertiary/aromatic N) is 3. The molecule has 1 unspecified atom stereocenters. The van der Waals surface area contributed by atoms with Gasteiger partial charge in [0.2, 0.25) is 0 Å². The molecule has 0 N–H and O–H groups in total. The van der Waals surface area contributed by atoms with Gasteiger partial charge in [-0.1, -0.05) is 0 Å². The number of hydrogen-bond acceptors (Lipinski definition) is 3. The average Bonchev–Trinajstić information content (AvgIpc) is 2.29. The Morgan fingerprint density at radius 1 is 1.41 bits per heavy atom. The Balaban J connectivity index is 2.23. The number of piperazine rings is 1. The molecule has 0 amide bonds. The Morgan fingerprint density at radius 3 is 2.76 bits per heavy atom. The smallest absolute Gasteiger partial charge is 0.143 e. The number of rotatable bonds is 1. The monoisotopic (exact) mass is 233 g/mol. The SMILES string of the molecule is CC1CN(C)CCN1c1ccc(C#N)c(F)c1. The highest BCUT2D eigenvalue weighted by Crippen LogP contribution is 2.22. The van der Waals surface area contributed by atoms with Crippen molar-refractivity contribution in [1.82, 2.24) is 4.90 Å². The fourth-order valence-electron chi connectivity index (χ4n) is 2.30. The first-order valence-corrected chi connectivity index (χ1v) is 5.76. The van der Waals surface area contributed by atoms with Crippen LogP contribution < -0.4 is 4.90 Å². The highest BCUT2D eigenvalue weighted by molar-refractivity contribution is 5.51. The molecule has 2 rings (SSSR count). The van der Waals surface area contributed by atoms with Crippen LogP contribution in [0.25, 0.3) is 0 Å². The van der Waals surface area contributed by atoms with Gasteiger partial charge in [-0.2, -0.15) is 5.26 Å². The van der Waals surface area contributed by atoms with E-state index in [2.05, 4.69) is 23.8 Å². The van der Waals surface area contributed by atoms with E-state index in [9.17, 15) is 4.39 Å². The van der Waals surface area contributed by atoms with Crippen LogP contribution in [0.1, 0.15) is 12.5 Å².